The Morgan fingerprint density at radius 1 is 0.923 bits per heavy atom. The minimum atomic E-state index is -0.337. The number of thioether (sulfide) groups is 1. The quantitative estimate of drug-likeness (QED) is 0.206. The van der Waals surface area contributed by atoms with Gasteiger partial charge in [0.2, 0.25) is 0 Å². The molecular formula is C30H21Cl2FN2O3S. The number of amidine groups is 1. The summed E-state index contributed by atoms with van der Waals surface area (Å²) < 4.78 is 25.3. The molecule has 5 rings (SSSR count). The van der Waals surface area contributed by atoms with E-state index in [1.54, 1.807) is 95.9 Å². The van der Waals surface area contributed by atoms with Gasteiger partial charge in [0.1, 0.15) is 12.4 Å². The number of methoxy groups -OCH3 is 1. The van der Waals surface area contributed by atoms with Gasteiger partial charge in [0.25, 0.3) is 5.91 Å². The Kier molecular flexibility index (Phi) is 8.21. The standard InChI is InChI=1S/C30H21Cl2FN2O3S/c1-37-27-16-19(6-15-26(27)38-18-20-4-2-3-5-25(20)33)17-28-29(36)35(24-13-9-22(32)10-14-24)30(39-28)34-23-11-7-21(31)8-12-23/h2-17H,18H2,1H3/b28-17-,34-30?. The van der Waals surface area contributed by atoms with E-state index in [-0.39, 0.29) is 18.3 Å². The first-order valence-electron chi connectivity index (χ1n) is 11.8. The maximum Gasteiger partial charge on any atom is 0.271 e. The van der Waals surface area contributed by atoms with Crippen LogP contribution in [0.15, 0.2) is 101 Å². The monoisotopic (exact) mass is 578 g/mol. The van der Waals surface area contributed by atoms with Gasteiger partial charge in [0.05, 0.1) is 23.4 Å². The molecular weight excluding hydrogens is 558 g/mol. The summed E-state index contributed by atoms with van der Waals surface area (Å²) in [5.41, 5.74) is 2.47. The molecule has 1 aliphatic heterocycles. The van der Waals surface area contributed by atoms with Gasteiger partial charge in [-0.05, 0) is 90.1 Å². The predicted molar refractivity (Wildman–Crippen MR) is 157 cm³/mol. The number of ether oxygens (including phenoxy) is 2. The van der Waals surface area contributed by atoms with Crippen LogP contribution >= 0.6 is 35.0 Å². The molecule has 0 aromatic heterocycles. The van der Waals surface area contributed by atoms with Crippen molar-refractivity contribution in [1.29, 1.82) is 0 Å². The third-order valence-corrected chi connectivity index (χ3v) is 7.24. The summed E-state index contributed by atoms with van der Waals surface area (Å²) in [5.74, 6) is 0.353. The molecule has 1 aliphatic rings. The molecule has 9 heteroatoms. The first kappa shape index (κ1) is 26.8. The number of anilines is 1. The second-order valence-electron chi connectivity index (χ2n) is 8.39. The molecule has 0 N–H and O–H groups in total. The first-order valence-corrected chi connectivity index (χ1v) is 13.4. The van der Waals surface area contributed by atoms with E-state index < -0.39 is 0 Å². The van der Waals surface area contributed by atoms with Gasteiger partial charge in [0.15, 0.2) is 16.7 Å². The third kappa shape index (κ3) is 6.28. The van der Waals surface area contributed by atoms with Crippen LogP contribution in [-0.4, -0.2) is 18.2 Å². The highest BCUT2D eigenvalue weighted by Gasteiger charge is 2.34. The topological polar surface area (TPSA) is 51.1 Å². The molecule has 0 atom stereocenters. The highest BCUT2D eigenvalue weighted by Crippen LogP contribution is 2.39. The number of benzene rings is 4. The number of hydrogen-bond acceptors (Lipinski definition) is 5. The van der Waals surface area contributed by atoms with Gasteiger partial charge in [-0.15, -0.1) is 0 Å². The normalized spacial score (nSPS) is 15.3. The zero-order valence-electron chi connectivity index (χ0n) is 20.6. The molecule has 0 spiro atoms. The van der Waals surface area contributed by atoms with E-state index in [0.717, 1.165) is 5.56 Å². The minimum Gasteiger partial charge on any atom is -0.493 e. The smallest absolute Gasteiger partial charge is 0.271 e. The SMILES string of the molecule is COc1cc(/C=C2\SC(=Nc3ccc(Cl)cc3)N(c3ccc(Cl)cc3)C2=O)ccc1OCc1ccccc1F. The zero-order chi connectivity index (χ0) is 27.4. The van der Waals surface area contributed by atoms with Gasteiger partial charge in [-0.25, -0.2) is 9.38 Å². The molecule has 0 radical (unpaired) electrons. The van der Waals surface area contributed by atoms with Crippen LogP contribution in [0.2, 0.25) is 10.0 Å². The highest BCUT2D eigenvalue weighted by molar-refractivity contribution is 8.19. The highest BCUT2D eigenvalue weighted by atomic mass is 35.5. The number of aliphatic imine (C=N–C) groups is 1. The molecule has 0 aliphatic carbocycles. The molecule has 0 unspecified atom stereocenters. The van der Waals surface area contributed by atoms with Gasteiger partial charge < -0.3 is 9.47 Å². The molecule has 0 saturated carbocycles. The minimum absolute atomic E-state index is 0.0539. The van der Waals surface area contributed by atoms with E-state index >= 15 is 0 Å². The molecule has 39 heavy (non-hydrogen) atoms. The maximum absolute atomic E-state index is 14.0. The van der Waals surface area contributed by atoms with Gasteiger partial charge >= 0.3 is 0 Å². The van der Waals surface area contributed by atoms with Crippen molar-refractivity contribution in [3.05, 3.63) is 123 Å². The zero-order valence-corrected chi connectivity index (χ0v) is 22.9. The van der Waals surface area contributed by atoms with Crippen LogP contribution < -0.4 is 14.4 Å². The van der Waals surface area contributed by atoms with E-state index in [4.69, 9.17) is 37.7 Å². The van der Waals surface area contributed by atoms with E-state index in [9.17, 15) is 9.18 Å². The lowest BCUT2D eigenvalue weighted by Crippen LogP contribution is -2.28. The number of carbonyl (C=O) groups excluding carboxylic acids is 1. The van der Waals surface area contributed by atoms with Crippen molar-refractivity contribution in [3.63, 3.8) is 0 Å². The second kappa shape index (κ2) is 11.9. The van der Waals surface area contributed by atoms with E-state index in [1.807, 2.05) is 0 Å². The molecule has 1 saturated heterocycles. The van der Waals surface area contributed by atoms with Crippen LogP contribution in [0.3, 0.4) is 0 Å². The molecule has 4 aromatic carbocycles. The Balaban J connectivity index is 1.44. The van der Waals surface area contributed by atoms with Crippen molar-refractivity contribution in [3.8, 4) is 11.5 Å². The molecule has 0 bridgehead atoms. The van der Waals surface area contributed by atoms with Crippen molar-refractivity contribution in [2.45, 2.75) is 6.61 Å². The summed E-state index contributed by atoms with van der Waals surface area (Å²) in [6.45, 7) is 0.0539. The fourth-order valence-electron chi connectivity index (χ4n) is 3.81. The Hall–Kier alpha value is -3.78. The van der Waals surface area contributed by atoms with Crippen molar-refractivity contribution >= 4 is 63.5 Å². The fourth-order valence-corrected chi connectivity index (χ4v) is 5.06. The van der Waals surface area contributed by atoms with Crippen molar-refractivity contribution < 1.29 is 18.7 Å². The lowest BCUT2D eigenvalue weighted by Gasteiger charge is -2.15. The molecule has 4 aromatic rings. The van der Waals surface area contributed by atoms with Crippen LogP contribution in [-0.2, 0) is 11.4 Å². The third-order valence-electron chi connectivity index (χ3n) is 5.77. The number of nitrogens with zero attached hydrogens (tertiary/aromatic N) is 2. The average Bonchev–Trinajstić information content (AvgIpc) is 3.24. The fraction of sp³-hybridized carbons (Fsp3) is 0.0667. The Bertz CT molecular complexity index is 1570. The van der Waals surface area contributed by atoms with Crippen LogP contribution in [0, 0.1) is 5.82 Å². The van der Waals surface area contributed by atoms with Crippen LogP contribution in [0.5, 0.6) is 11.5 Å². The number of amides is 1. The van der Waals surface area contributed by atoms with Crippen molar-refractivity contribution in [2.75, 3.05) is 12.0 Å². The van der Waals surface area contributed by atoms with Gasteiger partial charge in [-0.1, -0.05) is 47.5 Å². The summed E-state index contributed by atoms with van der Waals surface area (Å²) >= 11 is 13.4. The molecule has 1 amide bonds. The van der Waals surface area contributed by atoms with E-state index in [2.05, 4.69) is 0 Å². The molecule has 1 fully saturated rings. The van der Waals surface area contributed by atoms with E-state index in [0.29, 0.717) is 48.6 Å². The Morgan fingerprint density at radius 3 is 2.31 bits per heavy atom. The molecule has 5 nitrogen and oxygen atoms in total. The Morgan fingerprint density at radius 2 is 1.62 bits per heavy atom. The van der Waals surface area contributed by atoms with Gasteiger partial charge in [-0.2, -0.15) is 0 Å². The van der Waals surface area contributed by atoms with Crippen LogP contribution in [0.1, 0.15) is 11.1 Å². The Labute approximate surface area is 239 Å². The molecule has 196 valence electrons. The maximum atomic E-state index is 14.0. The first-order chi connectivity index (χ1) is 18.9. The predicted octanol–water partition coefficient (Wildman–Crippen LogP) is 8.53. The lowest BCUT2D eigenvalue weighted by molar-refractivity contribution is -0.113. The van der Waals surface area contributed by atoms with Gasteiger partial charge in [-0.3, -0.25) is 9.69 Å². The summed E-state index contributed by atoms with van der Waals surface area (Å²) in [6.07, 6.45) is 1.77. The van der Waals surface area contributed by atoms with Crippen molar-refractivity contribution in [2.24, 2.45) is 4.99 Å². The number of halogens is 3. The summed E-state index contributed by atoms with van der Waals surface area (Å²) in [6, 6.07) is 25.8. The second-order valence-corrected chi connectivity index (χ2v) is 10.3. The number of carbonyl (C=O) groups is 1. The lowest BCUT2D eigenvalue weighted by atomic mass is 10.1. The van der Waals surface area contributed by atoms with Crippen molar-refractivity contribution in [1.82, 2.24) is 0 Å². The number of hydrogen-bond donors (Lipinski definition) is 0. The van der Waals surface area contributed by atoms with Crippen LogP contribution in [0.25, 0.3) is 6.08 Å². The average molecular weight is 579 g/mol. The largest absolute Gasteiger partial charge is 0.493 e. The summed E-state index contributed by atoms with van der Waals surface area (Å²) in [7, 11) is 1.52. The summed E-state index contributed by atoms with van der Waals surface area (Å²) in [5, 5.41) is 1.65. The molecule has 1 heterocycles. The van der Waals surface area contributed by atoms with Gasteiger partial charge in [0, 0.05) is 15.6 Å². The number of rotatable bonds is 7. The summed E-state index contributed by atoms with van der Waals surface area (Å²) in [4.78, 5) is 20.3. The van der Waals surface area contributed by atoms with Crippen LogP contribution in [0.4, 0.5) is 15.8 Å². The van der Waals surface area contributed by atoms with E-state index in [1.165, 1.54) is 24.9 Å².